The predicted octanol–water partition coefficient (Wildman–Crippen LogP) is 1.51. The van der Waals surface area contributed by atoms with E-state index in [0.29, 0.717) is 6.04 Å². The first-order valence-corrected chi connectivity index (χ1v) is 8.11. The van der Waals surface area contributed by atoms with E-state index in [9.17, 15) is 9.59 Å². The molecule has 2 amide bonds. The van der Waals surface area contributed by atoms with E-state index >= 15 is 0 Å². The van der Waals surface area contributed by atoms with Crippen LogP contribution in [0.25, 0.3) is 0 Å². The van der Waals surface area contributed by atoms with E-state index in [2.05, 4.69) is 5.32 Å². The van der Waals surface area contributed by atoms with Gasteiger partial charge in [-0.15, -0.1) is 0 Å². The minimum Gasteiger partial charge on any atom is -0.480 e. The fourth-order valence-corrected chi connectivity index (χ4v) is 3.22. The molecule has 6 heteroatoms. The van der Waals surface area contributed by atoms with E-state index in [4.69, 9.17) is 5.11 Å². The summed E-state index contributed by atoms with van der Waals surface area (Å²) in [4.78, 5) is 26.9. The van der Waals surface area contributed by atoms with Crippen LogP contribution in [-0.4, -0.2) is 65.2 Å². The molecule has 1 saturated carbocycles. The van der Waals surface area contributed by atoms with Crippen molar-refractivity contribution < 1.29 is 14.7 Å². The summed E-state index contributed by atoms with van der Waals surface area (Å²) in [6.45, 7) is 4.54. The van der Waals surface area contributed by atoms with Crippen LogP contribution >= 0.6 is 0 Å². The molecule has 2 aliphatic rings. The molecule has 21 heavy (non-hydrogen) atoms. The van der Waals surface area contributed by atoms with Crippen LogP contribution in [0.1, 0.15) is 45.4 Å². The van der Waals surface area contributed by atoms with E-state index in [1.807, 2.05) is 16.7 Å². The van der Waals surface area contributed by atoms with Crippen molar-refractivity contribution in [1.29, 1.82) is 0 Å². The quantitative estimate of drug-likeness (QED) is 0.807. The lowest BCUT2D eigenvalue weighted by Crippen LogP contribution is -2.56. The van der Waals surface area contributed by atoms with Crippen LogP contribution in [0, 0.1) is 0 Å². The second-order valence-electron chi connectivity index (χ2n) is 6.13. The number of carboxylic acids is 1. The summed E-state index contributed by atoms with van der Waals surface area (Å²) < 4.78 is 0. The molecule has 120 valence electrons. The van der Waals surface area contributed by atoms with Crippen LogP contribution in [0.4, 0.5) is 4.79 Å². The van der Waals surface area contributed by atoms with Gasteiger partial charge in [0.2, 0.25) is 0 Å². The molecule has 1 aliphatic heterocycles. The highest BCUT2D eigenvalue weighted by Gasteiger charge is 2.35. The molecule has 2 rings (SSSR count). The molecule has 0 unspecified atom stereocenters. The lowest BCUT2D eigenvalue weighted by atomic mass is 9.85. The minimum atomic E-state index is -0.783. The zero-order chi connectivity index (χ0) is 15.2. The summed E-state index contributed by atoms with van der Waals surface area (Å²) >= 11 is 0. The molecule has 2 N–H and O–H groups in total. The van der Waals surface area contributed by atoms with Crippen LogP contribution in [0.2, 0.25) is 0 Å². The molecular formula is C15H27N3O3. The van der Waals surface area contributed by atoms with Gasteiger partial charge in [-0.05, 0) is 32.2 Å². The third kappa shape index (κ3) is 4.59. The topological polar surface area (TPSA) is 72.9 Å². The number of urea groups is 1. The summed E-state index contributed by atoms with van der Waals surface area (Å²) in [5.74, 6) is -0.783. The number of rotatable bonds is 5. The van der Waals surface area contributed by atoms with Crippen molar-refractivity contribution >= 4 is 12.0 Å². The zero-order valence-electron chi connectivity index (χ0n) is 12.9. The highest BCUT2D eigenvalue weighted by atomic mass is 16.4. The number of likely N-dealkylation sites (tertiary alicyclic amines) is 1. The van der Waals surface area contributed by atoms with Gasteiger partial charge in [0, 0.05) is 25.2 Å². The maximum absolute atomic E-state index is 12.2. The van der Waals surface area contributed by atoms with Crippen LogP contribution in [0.3, 0.4) is 0 Å². The monoisotopic (exact) mass is 297 g/mol. The van der Waals surface area contributed by atoms with E-state index in [1.165, 1.54) is 12.8 Å². The van der Waals surface area contributed by atoms with Gasteiger partial charge in [-0.1, -0.05) is 19.8 Å². The average molecular weight is 297 g/mol. The van der Waals surface area contributed by atoms with Crippen LogP contribution in [0.15, 0.2) is 0 Å². The first-order chi connectivity index (χ1) is 10.1. The van der Waals surface area contributed by atoms with Gasteiger partial charge in [-0.3, -0.25) is 9.69 Å². The number of carboxylic acid groups (broad SMARTS) is 1. The molecule has 0 atom stereocenters. The number of carbonyl (C=O) groups is 2. The standard InChI is InChI=1S/C15H27N3O3/c1-2-17(11-14(19)20)13-9-12(10-13)16-15(21)18-7-5-3-4-6-8-18/h12-13H,2-11H2,1H3,(H,16,21)(H,19,20). The Labute approximate surface area is 126 Å². The third-order valence-electron chi connectivity index (χ3n) is 4.59. The van der Waals surface area contributed by atoms with Crippen molar-refractivity contribution in [2.24, 2.45) is 0 Å². The summed E-state index contributed by atoms with van der Waals surface area (Å²) in [6, 6.07) is 0.552. The molecule has 1 saturated heterocycles. The lowest BCUT2D eigenvalue weighted by molar-refractivity contribution is -0.139. The van der Waals surface area contributed by atoms with Gasteiger partial charge in [0.15, 0.2) is 0 Å². The Balaban J connectivity index is 1.71. The molecule has 6 nitrogen and oxygen atoms in total. The van der Waals surface area contributed by atoms with Gasteiger partial charge in [-0.25, -0.2) is 4.79 Å². The van der Waals surface area contributed by atoms with Crippen molar-refractivity contribution in [3.63, 3.8) is 0 Å². The molecular weight excluding hydrogens is 270 g/mol. The number of nitrogens with one attached hydrogen (secondary N) is 1. The van der Waals surface area contributed by atoms with Gasteiger partial charge >= 0.3 is 12.0 Å². The first kappa shape index (κ1) is 16.1. The Morgan fingerprint density at radius 3 is 2.33 bits per heavy atom. The molecule has 0 aromatic carbocycles. The first-order valence-electron chi connectivity index (χ1n) is 8.11. The Hall–Kier alpha value is -1.30. The van der Waals surface area contributed by atoms with Crippen LogP contribution in [0.5, 0.6) is 0 Å². The normalized spacial score (nSPS) is 26.1. The second-order valence-corrected chi connectivity index (χ2v) is 6.13. The SMILES string of the molecule is CCN(CC(=O)O)C1CC(NC(=O)N2CCCCCC2)C1. The number of aliphatic carboxylic acids is 1. The zero-order valence-corrected chi connectivity index (χ0v) is 12.9. The summed E-state index contributed by atoms with van der Waals surface area (Å²) in [5.41, 5.74) is 0. The van der Waals surface area contributed by atoms with E-state index in [1.54, 1.807) is 0 Å². The summed E-state index contributed by atoms with van der Waals surface area (Å²) in [5, 5.41) is 12.0. The Bertz CT molecular complexity index is 361. The number of hydrogen-bond acceptors (Lipinski definition) is 3. The van der Waals surface area contributed by atoms with Crippen LogP contribution in [-0.2, 0) is 4.79 Å². The van der Waals surface area contributed by atoms with E-state index < -0.39 is 5.97 Å². The lowest BCUT2D eigenvalue weighted by Gasteiger charge is -2.42. The van der Waals surface area contributed by atoms with Crippen molar-refractivity contribution in [3.05, 3.63) is 0 Å². The van der Waals surface area contributed by atoms with E-state index in [-0.39, 0.29) is 18.6 Å². The Morgan fingerprint density at radius 1 is 1.19 bits per heavy atom. The number of likely N-dealkylation sites (N-methyl/N-ethyl adjacent to an activating group) is 1. The van der Waals surface area contributed by atoms with Gasteiger partial charge in [0.25, 0.3) is 0 Å². The van der Waals surface area contributed by atoms with Crippen LogP contribution < -0.4 is 5.32 Å². The molecule has 1 aliphatic carbocycles. The third-order valence-corrected chi connectivity index (χ3v) is 4.59. The maximum Gasteiger partial charge on any atom is 0.317 e. The number of amides is 2. The second kappa shape index (κ2) is 7.64. The summed E-state index contributed by atoms with van der Waals surface area (Å²) in [6.07, 6.45) is 6.36. The largest absolute Gasteiger partial charge is 0.480 e. The number of carbonyl (C=O) groups excluding carboxylic acids is 1. The molecule has 0 radical (unpaired) electrons. The van der Waals surface area contributed by atoms with Gasteiger partial charge in [0.05, 0.1) is 6.54 Å². The Kier molecular flexibility index (Phi) is 5.85. The van der Waals surface area contributed by atoms with Crippen molar-refractivity contribution in [2.75, 3.05) is 26.2 Å². The molecule has 0 bridgehead atoms. The highest BCUT2D eigenvalue weighted by Crippen LogP contribution is 2.25. The van der Waals surface area contributed by atoms with E-state index in [0.717, 1.165) is 45.3 Å². The maximum atomic E-state index is 12.2. The fourth-order valence-electron chi connectivity index (χ4n) is 3.22. The molecule has 0 aromatic heterocycles. The van der Waals surface area contributed by atoms with Gasteiger partial charge in [-0.2, -0.15) is 0 Å². The predicted molar refractivity (Wildman–Crippen MR) is 80.3 cm³/mol. The Morgan fingerprint density at radius 2 is 1.81 bits per heavy atom. The van der Waals surface area contributed by atoms with Crippen molar-refractivity contribution in [1.82, 2.24) is 15.1 Å². The highest BCUT2D eigenvalue weighted by molar-refractivity contribution is 5.74. The summed E-state index contributed by atoms with van der Waals surface area (Å²) in [7, 11) is 0. The van der Waals surface area contributed by atoms with Gasteiger partial charge in [0.1, 0.15) is 0 Å². The fraction of sp³-hybridized carbons (Fsp3) is 0.867. The van der Waals surface area contributed by atoms with Crippen molar-refractivity contribution in [3.8, 4) is 0 Å². The molecule has 0 spiro atoms. The van der Waals surface area contributed by atoms with Gasteiger partial charge < -0.3 is 15.3 Å². The molecule has 0 aromatic rings. The molecule has 1 heterocycles. The number of hydrogen-bond donors (Lipinski definition) is 2. The minimum absolute atomic E-state index is 0.0571. The molecule has 2 fully saturated rings. The average Bonchev–Trinajstić information content (AvgIpc) is 2.68. The van der Waals surface area contributed by atoms with Crippen molar-refractivity contribution in [2.45, 2.75) is 57.5 Å². The number of nitrogens with zero attached hydrogens (tertiary/aromatic N) is 2. The smallest absolute Gasteiger partial charge is 0.317 e.